The van der Waals surface area contributed by atoms with Gasteiger partial charge in [-0.1, -0.05) is 43.2 Å². The highest BCUT2D eigenvalue weighted by atomic mass is 14.9. The first-order valence-corrected chi connectivity index (χ1v) is 6.80. The summed E-state index contributed by atoms with van der Waals surface area (Å²) in [6.07, 6.45) is 2.58. The standard InChI is InChI=1S/C16H27N/c1-12(2)7-6-8-17-15(5)16-10-13(3)9-14(4)11-16/h9-12,15,17H,6-8H2,1-5H3. The summed E-state index contributed by atoms with van der Waals surface area (Å²) in [4.78, 5) is 0. The van der Waals surface area contributed by atoms with Crippen LogP contribution >= 0.6 is 0 Å². The van der Waals surface area contributed by atoms with Crippen molar-refractivity contribution in [2.45, 2.75) is 53.5 Å². The molecule has 17 heavy (non-hydrogen) atoms. The molecule has 0 saturated carbocycles. The highest BCUT2D eigenvalue weighted by Gasteiger charge is 2.05. The van der Waals surface area contributed by atoms with E-state index < -0.39 is 0 Å². The zero-order chi connectivity index (χ0) is 12.8. The molecule has 0 aromatic heterocycles. The predicted octanol–water partition coefficient (Wildman–Crippen LogP) is 4.39. The Morgan fingerprint density at radius 3 is 2.12 bits per heavy atom. The third-order valence-corrected chi connectivity index (χ3v) is 3.15. The van der Waals surface area contributed by atoms with E-state index >= 15 is 0 Å². The summed E-state index contributed by atoms with van der Waals surface area (Å²) in [6.45, 7) is 12.3. The summed E-state index contributed by atoms with van der Waals surface area (Å²) in [5.41, 5.74) is 4.12. The molecule has 0 aliphatic heterocycles. The topological polar surface area (TPSA) is 12.0 Å². The Hall–Kier alpha value is -0.820. The van der Waals surface area contributed by atoms with Crippen molar-refractivity contribution in [1.29, 1.82) is 0 Å². The largest absolute Gasteiger partial charge is 0.310 e. The molecule has 0 aliphatic carbocycles. The second-order valence-corrected chi connectivity index (χ2v) is 5.63. The third kappa shape index (κ3) is 5.36. The van der Waals surface area contributed by atoms with E-state index in [0.29, 0.717) is 6.04 Å². The van der Waals surface area contributed by atoms with Gasteiger partial charge in [0.1, 0.15) is 0 Å². The first kappa shape index (κ1) is 14.2. The van der Waals surface area contributed by atoms with Gasteiger partial charge in [-0.25, -0.2) is 0 Å². The molecule has 0 fully saturated rings. The summed E-state index contributed by atoms with van der Waals surface area (Å²) in [6, 6.07) is 7.26. The summed E-state index contributed by atoms with van der Waals surface area (Å²) >= 11 is 0. The first-order valence-electron chi connectivity index (χ1n) is 6.80. The van der Waals surface area contributed by atoms with Crippen molar-refractivity contribution in [3.8, 4) is 0 Å². The van der Waals surface area contributed by atoms with Gasteiger partial charge in [0.05, 0.1) is 0 Å². The van der Waals surface area contributed by atoms with Crippen LogP contribution in [0.2, 0.25) is 0 Å². The normalized spacial score (nSPS) is 13.1. The quantitative estimate of drug-likeness (QED) is 0.719. The van der Waals surface area contributed by atoms with E-state index in [2.05, 4.69) is 58.1 Å². The van der Waals surface area contributed by atoms with Crippen LogP contribution in [-0.4, -0.2) is 6.54 Å². The van der Waals surface area contributed by atoms with Crippen LogP contribution in [0.3, 0.4) is 0 Å². The van der Waals surface area contributed by atoms with E-state index in [9.17, 15) is 0 Å². The Balaban J connectivity index is 2.43. The van der Waals surface area contributed by atoms with Crippen molar-refractivity contribution < 1.29 is 0 Å². The van der Waals surface area contributed by atoms with Gasteiger partial charge in [0.2, 0.25) is 0 Å². The lowest BCUT2D eigenvalue weighted by molar-refractivity contribution is 0.497. The van der Waals surface area contributed by atoms with E-state index in [4.69, 9.17) is 0 Å². The van der Waals surface area contributed by atoms with Crippen molar-refractivity contribution in [2.75, 3.05) is 6.54 Å². The molecule has 1 aromatic rings. The average Bonchev–Trinajstić information content (AvgIpc) is 2.22. The van der Waals surface area contributed by atoms with E-state index in [1.165, 1.54) is 29.5 Å². The molecule has 1 N–H and O–H groups in total. The maximum Gasteiger partial charge on any atom is 0.0291 e. The van der Waals surface area contributed by atoms with E-state index in [1.54, 1.807) is 0 Å². The van der Waals surface area contributed by atoms with Gasteiger partial charge in [-0.2, -0.15) is 0 Å². The van der Waals surface area contributed by atoms with Gasteiger partial charge in [0.15, 0.2) is 0 Å². The SMILES string of the molecule is Cc1cc(C)cc(C(C)NCCCC(C)C)c1. The van der Waals surface area contributed by atoms with Crippen LogP contribution in [0.15, 0.2) is 18.2 Å². The van der Waals surface area contributed by atoms with Gasteiger partial charge < -0.3 is 5.32 Å². The fourth-order valence-corrected chi connectivity index (χ4v) is 2.21. The number of aryl methyl sites for hydroxylation is 2. The highest BCUT2D eigenvalue weighted by molar-refractivity contribution is 5.30. The molecule has 0 aliphatic rings. The molecule has 1 aromatic carbocycles. The minimum absolute atomic E-state index is 0.459. The van der Waals surface area contributed by atoms with Crippen LogP contribution in [0.5, 0.6) is 0 Å². The van der Waals surface area contributed by atoms with Gasteiger partial charge in [0, 0.05) is 6.04 Å². The fraction of sp³-hybridized carbons (Fsp3) is 0.625. The highest BCUT2D eigenvalue weighted by Crippen LogP contribution is 2.16. The molecule has 0 radical (unpaired) electrons. The van der Waals surface area contributed by atoms with E-state index in [0.717, 1.165) is 12.5 Å². The summed E-state index contributed by atoms with van der Waals surface area (Å²) in [7, 11) is 0. The number of rotatable bonds is 6. The van der Waals surface area contributed by atoms with Crippen molar-refractivity contribution in [1.82, 2.24) is 5.32 Å². The molecular weight excluding hydrogens is 206 g/mol. The Morgan fingerprint density at radius 1 is 1.00 bits per heavy atom. The molecule has 0 spiro atoms. The Kier molecular flexibility index (Phi) is 5.70. The molecule has 1 rings (SSSR count). The maximum absolute atomic E-state index is 3.61. The van der Waals surface area contributed by atoms with Crippen LogP contribution in [0.1, 0.15) is 56.3 Å². The van der Waals surface area contributed by atoms with Crippen LogP contribution in [-0.2, 0) is 0 Å². The second-order valence-electron chi connectivity index (χ2n) is 5.63. The minimum atomic E-state index is 0.459. The first-order chi connectivity index (χ1) is 7.99. The van der Waals surface area contributed by atoms with Gasteiger partial charge in [-0.3, -0.25) is 0 Å². The lowest BCUT2D eigenvalue weighted by atomic mass is 10.0. The predicted molar refractivity (Wildman–Crippen MR) is 76.4 cm³/mol. The van der Waals surface area contributed by atoms with Gasteiger partial charge in [0.25, 0.3) is 0 Å². The van der Waals surface area contributed by atoms with Crippen LogP contribution in [0.25, 0.3) is 0 Å². The molecule has 1 heteroatoms. The molecule has 0 amide bonds. The average molecular weight is 233 g/mol. The lowest BCUT2D eigenvalue weighted by Crippen LogP contribution is -2.20. The number of hydrogen-bond acceptors (Lipinski definition) is 1. The Labute approximate surface area is 107 Å². The smallest absolute Gasteiger partial charge is 0.0291 e. The molecule has 96 valence electrons. The van der Waals surface area contributed by atoms with Crippen LogP contribution in [0.4, 0.5) is 0 Å². The second kappa shape index (κ2) is 6.80. The zero-order valence-corrected chi connectivity index (χ0v) is 12.0. The van der Waals surface area contributed by atoms with Crippen molar-refractivity contribution >= 4 is 0 Å². The third-order valence-electron chi connectivity index (χ3n) is 3.15. The van der Waals surface area contributed by atoms with Crippen LogP contribution < -0.4 is 5.32 Å². The van der Waals surface area contributed by atoms with E-state index in [-0.39, 0.29) is 0 Å². The van der Waals surface area contributed by atoms with Crippen molar-refractivity contribution in [2.24, 2.45) is 5.92 Å². The monoisotopic (exact) mass is 233 g/mol. The molecule has 1 nitrogen and oxygen atoms in total. The Bertz CT molecular complexity index is 321. The van der Waals surface area contributed by atoms with E-state index in [1.807, 2.05) is 0 Å². The van der Waals surface area contributed by atoms with Gasteiger partial charge in [-0.15, -0.1) is 0 Å². The van der Waals surface area contributed by atoms with Crippen molar-refractivity contribution in [3.63, 3.8) is 0 Å². The lowest BCUT2D eigenvalue weighted by Gasteiger charge is -2.16. The fourth-order valence-electron chi connectivity index (χ4n) is 2.21. The molecule has 0 heterocycles. The molecule has 0 saturated heterocycles. The number of nitrogens with one attached hydrogen (secondary N) is 1. The maximum atomic E-state index is 3.61. The zero-order valence-electron chi connectivity index (χ0n) is 12.0. The van der Waals surface area contributed by atoms with Crippen molar-refractivity contribution in [3.05, 3.63) is 34.9 Å². The van der Waals surface area contributed by atoms with Gasteiger partial charge in [-0.05, 0) is 51.6 Å². The number of benzene rings is 1. The van der Waals surface area contributed by atoms with Gasteiger partial charge >= 0.3 is 0 Å². The summed E-state index contributed by atoms with van der Waals surface area (Å²) in [5.74, 6) is 0.813. The van der Waals surface area contributed by atoms with Crippen LogP contribution in [0, 0.1) is 19.8 Å². The molecule has 1 atom stereocenters. The molecule has 1 unspecified atom stereocenters. The summed E-state index contributed by atoms with van der Waals surface area (Å²) < 4.78 is 0. The molecule has 0 bridgehead atoms. The summed E-state index contributed by atoms with van der Waals surface area (Å²) in [5, 5.41) is 3.61. The number of hydrogen-bond donors (Lipinski definition) is 1. The minimum Gasteiger partial charge on any atom is -0.310 e. The Morgan fingerprint density at radius 2 is 1.59 bits per heavy atom. The molecular formula is C16H27N.